The van der Waals surface area contributed by atoms with E-state index in [9.17, 15) is 9.18 Å². The van der Waals surface area contributed by atoms with Gasteiger partial charge >= 0.3 is 0 Å². The van der Waals surface area contributed by atoms with Crippen molar-refractivity contribution in [2.24, 2.45) is 0 Å². The van der Waals surface area contributed by atoms with Crippen molar-refractivity contribution >= 4 is 39.9 Å². The summed E-state index contributed by atoms with van der Waals surface area (Å²) in [5, 5.41) is 13.0. The third kappa shape index (κ3) is 5.57. The second-order valence-electron chi connectivity index (χ2n) is 9.29. The van der Waals surface area contributed by atoms with Crippen LogP contribution < -0.4 is 14.8 Å². The summed E-state index contributed by atoms with van der Waals surface area (Å²) in [6.45, 7) is 6.53. The standard InChI is InChI=1S/C28H30FN7O3S/c1-6-24(27(37)30-19-9-7-18(29)8-10-19)40-28-31-21-15-23(39-5)22(38-4)14-20(21)26-32-25(34-36(26)28)11-12-35-17(3)13-16(2)33-35/h7-10,13-15,24H,6,11-12H2,1-5H3,(H,30,37). The molecule has 0 aliphatic heterocycles. The Bertz CT molecular complexity index is 1680. The molecule has 10 nitrogen and oxygen atoms in total. The summed E-state index contributed by atoms with van der Waals surface area (Å²) < 4.78 is 28.0. The molecule has 1 amide bonds. The third-order valence-electron chi connectivity index (χ3n) is 6.46. The van der Waals surface area contributed by atoms with Gasteiger partial charge in [-0.05, 0) is 56.7 Å². The largest absolute Gasteiger partial charge is 0.493 e. The molecule has 5 rings (SSSR count). The van der Waals surface area contributed by atoms with Crippen LogP contribution in [0.1, 0.15) is 30.6 Å². The fourth-order valence-electron chi connectivity index (χ4n) is 4.45. The van der Waals surface area contributed by atoms with Crippen LogP contribution in [0.5, 0.6) is 11.5 Å². The second kappa shape index (κ2) is 11.5. The number of ether oxygens (including phenoxy) is 2. The molecule has 12 heteroatoms. The molecule has 0 aliphatic carbocycles. The van der Waals surface area contributed by atoms with Gasteiger partial charge in [0.1, 0.15) is 5.82 Å². The topological polar surface area (TPSA) is 108 Å². The Kier molecular flexibility index (Phi) is 7.88. The summed E-state index contributed by atoms with van der Waals surface area (Å²) in [5.41, 5.74) is 3.79. The number of carbonyl (C=O) groups excluding carboxylic acids is 1. The van der Waals surface area contributed by atoms with E-state index in [0.29, 0.717) is 58.7 Å². The highest BCUT2D eigenvalue weighted by molar-refractivity contribution is 8.00. The number of carbonyl (C=O) groups is 1. The van der Waals surface area contributed by atoms with E-state index in [1.165, 1.54) is 36.0 Å². The number of fused-ring (bicyclic) bond motifs is 3. The summed E-state index contributed by atoms with van der Waals surface area (Å²) in [4.78, 5) is 22.9. The van der Waals surface area contributed by atoms with Gasteiger partial charge in [0.05, 0.1) is 30.7 Å². The summed E-state index contributed by atoms with van der Waals surface area (Å²) in [7, 11) is 3.15. The Morgan fingerprint density at radius 2 is 1.77 bits per heavy atom. The number of hydrogen-bond donors (Lipinski definition) is 1. The van der Waals surface area contributed by atoms with E-state index in [1.807, 2.05) is 37.6 Å². The highest BCUT2D eigenvalue weighted by Crippen LogP contribution is 2.35. The Morgan fingerprint density at radius 3 is 2.42 bits per heavy atom. The van der Waals surface area contributed by atoms with Gasteiger partial charge in [0, 0.05) is 35.8 Å². The minimum atomic E-state index is -0.485. The van der Waals surface area contributed by atoms with Crippen LogP contribution in [0, 0.1) is 19.7 Å². The normalized spacial score (nSPS) is 12.2. The molecule has 0 saturated heterocycles. The molecule has 0 spiro atoms. The summed E-state index contributed by atoms with van der Waals surface area (Å²) in [6, 6.07) is 11.3. The molecular weight excluding hydrogens is 533 g/mol. The first-order valence-electron chi connectivity index (χ1n) is 12.8. The number of nitrogens with one attached hydrogen (secondary N) is 1. The van der Waals surface area contributed by atoms with E-state index in [2.05, 4.69) is 10.4 Å². The second-order valence-corrected chi connectivity index (χ2v) is 10.5. The van der Waals surface area contributed by atoms with Crippen molar-refractivity contribution < 1.29 is 18.7 Å². The quantitative estimate of drug-likeness (QED) is 0.187. The molecule has 0 aliphatic rings. The minimum absolute atomic E-state index is 0.216. The van der Waals surface area contributed by atoms with Gasteiger partial charge in [0.25, 0.3) is 0 Å². The van der Waals surface area contributed by atoms with Crippen LogP contribution in [-0.4, -0.2) is 54.7 Å². The van der Waals surface area contributed by atoms with Gasteiger partial charge in [-0.25, -0.2) is 14.4 Å². The van der Waals surface area contributed by atoms with E-state index in [4.69, 9.17) is 24.5 Å². The lowest BCUT2D eigenvalue weighted by Crippen LogP contribution is -2.25. The van der Waals surface area contributed by atoms with Crippen LogP contribution in [0.15, 0.2) is 47.6 Å². The molecular formula is C28H30FN7O3S. The first-order valence-corrected chi connectivity index (χ1v) is 13.7. The molecule has 1 unspecified atom stereocenters. The average Bonchev–Trinajstić information content (AvgIpc) is 3.52. The van der Waals surface area contributed by atoms with Crippen LogP contribution in [0.2, 0.25) is 0 Å². The lowest BCUT2D eigenvalue weighted by atomic mass is 10.2. The van der Waals surface area contributed by atoms with Gasteiger partial charge in [0.15, 0.2) is 28.1 Å². The van der Waals surface area contributed by atoms with Crippen molar-refractivity contribution in [2.45, 2.75) is 50.6 Å². The maximum atomic E-state index is 13.3. The molecule has 40 heavy (non-hydrogen) atoms. The maximum Gasteiger partial charge on any atom is 0.237 e. The number of hydrogen-bond acceptors (Lipinski definition) is 8. The fourth-order valence-corrected chi connectivity index (χ4v) is 5.41. The van der Waals surface area contributed by atoms with Gasteiger partial charge in [-0.2, -0.15) is 9.61 Å². The van der Waals surface area contributed by atoms with Crippen molar-refractivity contribution in [3.8, 4) is 11.5 Å². The van der Waals surface area contributed by atoms with Gasteiger partial charge in [-0.15, -0.1) is 5.10 Å². The van der Waals surface area contributed by atoms with Crippen LogP contribution in [-0.2, 0) is 17.8 Å². The lowest BCUT2D eigenvalue weighted by Gasteiger charge is -2.16. The zero-order valence-corrected chi connectivity index (χ0v) is 23.8. The molecule has 3 heterocycles. The summed E-state index contributed by atoms with van der Waals surface area (Å²) in [5.74, 6) is 1.13. The average molecular weight is 564 g/mol. The molecule has 1 N–H and O–H groups in total. The molecule has 0 radical (unpaired) electrons. The Morgan fingerprint density at radius 1 is 1.05 bits per heavy atom. The zero-order chi connectivity index (χ0) is 28.4. The SMILES string of the molecule is CCC(Sc1nc2cc(OC)c(OC)cc2c2nc(CCn3nc(C)cc3C)nn12)C(=O)Nc1ccc(F)cc1. The first-order chi connectivity index (χ1) is 19.3. The minimum Gasteiger partial charge on any atom is -0.493 e. The summed E-state index contributed by atoms with van der Waals surface area (Å²) >= 11 is 1.29. The molecule has 3 aromatic heterocycles. The van der Waals surface area contributed by atoms with Crippen molar-refractivity contribution in [1.82, 2.24) is 29.4 Å². The smallest absolute Gasteiger partial charge is 0.237 e. The third-order valence-corrected chi connectivity index (χ3v) is 7.77. The van der Waals surface area contributed by atoms with Crippen molar-refractivity contribution in [3.05, 3.63) is 65.5 Å². The van der Waals surface area contributed by atoms with Crippen molar-refractivity contribution in [1.29, 1.82) is 0 Å². The van der Waals surface area contributed by atoms with E-state index in [0.717, 1.165) is 16.8 Å². The monoisotopic (exact) mass is 563 g/mol. The van der Waals surface area contributed by atoms with Crippen LogP contribution in [0.4, 0.5) is 10.1 Å². The van der Waals surface area contributed by atoms with Gasteiger partial charge < -0.3 is 14.8 Å². The first kappa shape index (κ1) is 27.4. The Balaban J connectivity index is 1.53. The van der Waals surface area contributed by atoms with E-state index < -0.39 is 5.25 Å². The number of nitrogens with zero attached hydrogens (tertiary/aromatic N) is 6. The predicted octanol–water partition coefficient (Wildman–Crippen LogP) is 5.00. The van der Waals surface area contributed by atoms with Gasteiger partial charge in [-0.1, -0.05) is 18.7 Å². The van der Waals surface area contributed by atoms with Crippen molar-refractivity contribution in [2.75, 3.05) is 19.5 Å². The van der Waals surface area contributed by atoms with Crippen LogP contribution in [0.3, 0.4) is 0 Å². The number of rotatable bonds is 10. The molecule has 1 atom stereocenters. The van der Waals surface area contributed by atoms with Crippen LogP contribution >= 0.6 is 11.8 Å². The number of amides is 1. The number of anilines is 1. The molecule has 0 saturated carbocycles. The van der Waals surface area contributed by atoms with Crippen LogP contribution in [0.25, 0.3) is 16.6 Å². The predicted molar refractivity (Wildman–Crippen MR) is 152 cm³/mol. The highest BCUT2D eigenvalue weighted by Gasteiger charge is 2.24. The molecule has 2 aromatic carbocycles. The number of thioether (sulfide) groups is 1. The maximum absolute atomic E-state index is 13.3. The lowest BCUT2D eigenvalue weighted by molar-refractivity contribution is -0.115. The molecule has 0 bridgehead atoms. The van der Waals surface area contributed by atoms with E-state index in [-0.39, 0.29) is 11.7 Å². The van der Waals surface area contributed by atoms with Crippen molar-refractivity contribution in [3.63, 3.8) is 0 Å². The molecule has 5 aromatic rings. The summed E-state index contributed by atoms with van der Waals surface area (Å²) in [6.07, 6.45) is 1.09. The number of halogens is 1. The number of aryl methyl sites for hydroxylation is 4. The number of benzene rings is 2. The molecule has 0 fully saturated rings. The fraction of sp³-hybridized carbons (Fsp3) is 0.321. The van der Waals surface area contributed by atoms with E-state index >= 15 is 0 Å². The van der Waals surface area contributed by atoms with Gasteiger partial charge in [0.2, 0.25) is 5.91 Å². The zero-order valence-electron chi connectivity index (χ0n) is 22.9. The number of methoxy groups -OCH3 is 2. The Hall–Kier alpha value is -4.19. The highest BCUT2D eigenvalue weighted by atomic mass is 32.2. The van der Waals surface area contributed by atoms with Gasteiger partial charge in [-0.3, -0.25) is 9.48 Å². The Labute approximate surface area is 234 Å². The molecule has 208 valence electrons. The van der Waals surface area contributed by atoms with E-state index in [1.54, 1.807) is 24.8 Å². The number of aromatic nitrogens is 6.